The van der Waals surface area contributed by atoms with Crippen molar-refractivity contribution < 1.29 is 13.2 Å². The van der Waals surface area contributed by atoms with Gasteiger partial charge in [-0.15, -0.1) is 0 Å². The summed E-state index contributed by atoms with van der Waals surface area (Å²) in [5.74, 6) is 0.948. The van der Waals surface area contributed by atoms with Crippen molar-refractivity contribution in [3.63, 3.8) is 0 Å². The number of amidine groups is 1. The fraction of sp³-hybridized carbons (Fsp3) is 0.414. The summed E-state index contributed by atoms with van der Waals surface area (Å²) in [6.07, 6.45) is 6.66. The highest BCUT2D eigenvalue weighted by atomic mass is 35.5. The van der Waals surface area contributed by atoms with Crippen molar-refractivity contribution in [1.82, 2.24) is 10.0 Å². The van der Waals surface area contributed by atoms with E-state index in [0.717, 1.165) is 5.56 Å². The van der Waals surface area contributed by atoms with Crippen LogP contribution in [0.15, 0.2) is 69.5 Å². The van der Waals surface area contributed by atoms with E-state index in [4.69, 9.17) is 44.5 Å². The number of nitrogens with zero attached hydrogens (tertiary/aromatic N) is 1. The Balaban J connectivity index is 1.91. The fourth-order valence-electron chi connectivity index (χ4n) is 5.13. The topological polar surface area (TPSA) is 79.8 Å². The van der Waals surface area contributed by atoms with Gasteiger partial charge in [-0.05, 0) is 77.8 Å². The van der Waals surface area contributed by atoms with Crippen molar-refractivity contribution in [1.29, 1.82) is 0 Å². The van der Waals surface area contributed by atoms with Gasteiger partial charge in [0.1, 0.15) is 16.5 Å². The van der Waals surface area contributed by atoms with E-state index in [2.05, 4.69) is 30.0 Å². The van der Waals surface area contributed by atoms with Crippen LogP contribution in [0.5, 0.6) is 5.75 Å². The van der Waals surface area contributed by atoms with Crippen LogP contribution in [0, 0.1) is 5.92 Å². The summed E-state index contributed by atoms with van der Waals surface area (Å²) in [5, 5.41) is 5.03. The number of benzene rings is 2. The number of halogens is 3. The minimum absolute atomic E-state index is 0.000665. The summed E-state index contributed by atoms with van der Waals surface area (Å²) in [6, 6.07) is 10.7. The molecule has 1 aliphatic carbocycles. The van der Waals surface area contributed by atoms with Crippen LogP contribution in [0.25, 0.3) is 0 Å². The van der Waals surface area contributed by atoms with E-state index in [9.17, 15) is 8.42 Å². The molecule has 6 nitrogen and oxygen atoms in total. The van der Waals surface area contributed by atoms with Crippen LogP contribution in [-0.2, 0) is 15.6 Å². The zero-order valence-electron chi connectivity index (χ0n) is 22.9. The SMILES string of the molecule is CCOc1cc(Cl)c(S(=O)(=O)NC(C)(C)C)cc1C1=N[C@@](C)(C2C=CC(Cl)=CC2)[C@@](C)(c2ccc(Cl)cc2)N1. The monoisotopic (exact) mass is 609 g/mol. The first-order chi connectivity index (χ1) is 18.1. The molecule has 2 aromatic rings. The molecule has 39 heavy (non-hydrogen) atoms. The molecule has 2 aromatic carbocycles. The maximum Gasteiger partial charge on any atom is 0.242 e. The van der Waals surface area contributed by atoms with Gasteiger partial charge in [-0.1, -0.05) is 59.1 Å². The molecule has 0 fully saturated rings. The third kappa shape index (κ3) is 5.89. The summed E-state index contributed by atoms with van der Waals surface area (Å²) in [4.78, 5) is 5.23. The van der Waals surface area contributed by atoms with E-state index in [1.807, 2.05) is 43.3 Å². The van der Waals surface area contributed by atoms with Gasteiger partial charge in [-0.3, -0.25) is 4.99 Å². The second-order valence-corrected chi connectivity index (χ2v) is 14.2. The maximum absolute atomic E-state index is 13.4. The van der Waals surface area contributed by atoms with Gasteiger partial charge < -0.3 is 10.1 Å². The first-order valence-corrected chi connectivity index (χ1v) is 15.4. The number of hydrogen-bond donors (Lipinski definition) is 2. The quantitative estimate of drug-likeness (QED) is 0.348. The number of allylic oxidation sites excluding steroid dienone is 3. The third-order valence-corrected chi connectivity index (χ3v) is 10.00. The molecule has 0 spiro atoms. The van der Waals surface area contributed by atoms with Gasteiger partial charge in [0.25, 0.3) is 0 Å². The lowest BCUT2D eigenvalue weighted by atomic mass is 9.67. The normalized spacial score (nSPS) is 25.2. The number of ether oxygens (including phenoxy) is 1. The Morgan fingerprint density at radius 1 is 1.13 bits per heavy atom. The molecule has 0 amide bonds. The Morgan fingerprint density at radius 2 is 1.79 bits per heavy atom. The molecule has 1 aliphatic heterocycles. The molecule has 10 heteroatoms. The van der Waals surface area contributed by atoms with Gasteiger partial charge >= 0.3 is 0 Å². The highest BCUT2D eigenvalue weighted by Gasteiger charge is 2.55. The van der Waals surface area contributed by atoms with Crippen LogP contribution in [0.4, 0.5) is 0 Å². The zero-order chi connectivity index (χ0) is 28.8. The van der Waals surface area contributed by atoms with Gasteiger partial charge in [0.2, 0.25) is 10.0 Å². The first-order valence-electron chi connectivity index (χ1n) is 12.8. The van der Waals surface area contributed by atoms with E-state index in [0.29, 0.717) is 40.2 Å². The molecule has 0 bridgehead atoms. The Hall–Kier alpha value is -2.03. The largest absolute Gasteiger partial charge is 0.493 e. The highest BCUT2D eigenvalue weighted by Crippen LogP contribution is 2.49. The summed E-state index contributed by atoms with van der Waals surface area (Å²) in [5.41, 5.74) is -0.584. The predicted molar refractivity (Wildman–Crippen MR) is 161 cm³/mol. The summed E-state index contributed by atoms with van der Waals surface area (Å²) < 4.78 is 35.3. The Bertz CT molecular complexity index is 1460. The molecular weight excluding hydrogens is 577 g/mol. The highest BCUT2D eigenvalue weighted by molar-refractivity contribution is 7.89. The number of aliphatic imine (C=N–C) groups is 1. The van der Waals surface area contributed by atoms with E-state index in [1.165, 1.54) is 6.07 Å². The van der Waals surface area contributed by atoms with Crippen LogP contribution in [0.2, 0.25) is 10.0 Å². The zero-order valence-corrected chi connectivity index (χ0v) is 26.0. The second-order valence-electron chi connectivity index (χ2n) is 11.2. The summed E-state index contributed by atoms with van der Waals surface area (Å²) >= 11 is 19.0. The van der Waals surface area contributed by atoms with Crippen LogP contribution in [0.1, 0.15) is 59.1 Å². The summed E-state index contributed by atoms with van der Waals surface area (Å²) in [7, 11) is -3.94. The second kappa shape index (κ2) is 10.7. The molecule has 0 saturated carbocycles. The van der Waals surface area contributed by atoms with E-state index in [-0.39, 0.29) is 15.8 Å². The van der Waals surface area contributed by atoms with Gasteiger partial charge in [-0.2, -0.15) is 0 Å². The predicted octanol–water partition coefficient (Wildman–Crippen LogP) is 7.19. The average molecular weight is 611 g/mol. The number of rotatable bonds is 7. The van der Waals surface area contributed by atoms with Gasteiger partial charge in [-0.25, -0.2) is 13.1 Å². The minimum atomic E-state index is -3.94. The van der Waals surface area contributed by atoms with Crippen molar-refractivity contribution in [3.05, 3.63) is 80.8 Å². The van der Waals surface area contributed by atoms with Crippen LogP contribution in [0.3, 0.4) is 0 Å². The maximum atomic E-state index is 13.4. The lowest BCUT2D eigenvalue weighted by Gasteiger charge is -2.44. The smallest absolute Gasteiger partial charge is 0.242 e. The van der Waals surface area contributed by atoms with Crippen molar-refractivity contribution in [2.24, 2.45) is 10.9 Å². The van der Waals surface area contributed by atoms with Crippen molar-refractivity contribution in [2.45, 2.75) is 69.5 Å². The Morgan fingerprint density at radius 3 is 2.36 bits per heavy atom. The fourth-order valence-corrected chi connectivity index (χ4v) is 7.39. The minimum Gasteiger partial charge on any atom is -0.493 e. The van der Waals surface area contributed by atoms with Crippen molar-refractivity contribution >= 4 is 50.7 Å². The summed E-state index contributed by atoms with van der Waals surface area (Å²) in [6.45, 7) is 11.7. The van der Waals surface area contributed by atoms with E-state index >= 15 is 0 Å². The van der Waals surface area contributed by atoms with Crippen LogP contribution >= 0.6 is 34.8 Å². The van der Waals surface area contributed by atoms with Gasteiger partial charge in [0.05, 0.1) is 28.3 Å². The molecule has 3 atom stereocenters. The average Bonchev–Trinajstić information content (AvgIpc) is 3.10. The number of hydrogen-bond acceptors (Lipinski definition) is 5. The van der Waals surface area contributed by atoms with E-state index < -0.39 is 26.6 Å². The van der Waals surface area contributed by atoms with Crippen LogP contribution in [-0.4, -0.2) is 31.9 Å². The standard InChI is InChI=1S/C29H34Cl3N3O3S/c1-7-38-24-17-23(32)25(39(36,37)35-27(2,3)4)16-22(24)26-33-28(5,18-8-12-20(30)13-9-18)29(6,34-26)19-10-14-21(31)15-11-19/h8-10,12-17,19,35H,7,11H2,1-6H3,(H,33,34)/t19?,28-,29+/m1/s1. The van der Waals surface area contributed by atoms with Crippen molar-refractivity contribution in [2.75, 3.05) is 6.61 Å². The van der Waals surface area contributed by atoms with E-state index in [1.54, 1.807) is 26.8 Å². The van der Waals surface area contributed by atoms with Crippen LogP contribution < -0.4 is 14.8 Å². The number of sulfonamides is 1. The lowest BCUT2D eigenvalue weighted by molar-refractivity contribution is 0.204. The molecule has 2 N–H and O–H groups in total. The molecule has 0 aromatic heterocycles. The first kappa shape index (κ1) is 29.9. The molecule has 4 rings (SSSR count). The molecule has 0 saturated heterocycles. The molecule has 2 aliphatic rings. The molecular formula is C29H34Cl3N3O3S. The van der Waals surface area contributed by atoms with Crippen molar-refractivity contribution in [3.8, 4) is 5.75 Å². The lowest BCUT2D eigenvalue weighted by Crippen LogP contribution is -2.55. The molecule has 210 valence electrons. The molecule has 1 unspecified atom stereocenters. The third-order valence-electron chi connectivity index (χ3n) is 7.24. The molecule has 0 radical (unpaired) electrons. The molecule has 1 heterocycles. The Kier molecular flexibility index (Phi) is 8.25. The number of nitrogens with one attached hydrogen (secondary N) is 2. The van der Waals surface area contributed by atoms with Gasteiger partial charge in [0, 0.05) is 27.6 Å². The Labute approximate surface area is 246 Å². The van der Waals surface area contributed by atoms with Gasteiger partial charge in [0.15, 0.2) is 0 Å².